The maximum atomic E-state index is 12.7. The van der Waals surface area contributed by atoms with Gasteiger partial charge in [0.05, 0.1) is 18.1 Å². The minimum Gasteiger partial charge on any atom is -0.336 e. The molecule has 1 amide bonds. The molecule has 0 N–H and O–H groups in total. The third-order valence-electron chi connectivity index (χ3n) is 5.09. The summed E-state index contributed by atoms with van der Waals surface area (Å²) in [5.41, 5.74) is 1.63. The summed E-state index contributed by atoms with van der Waals surface area (Å²) >= 11 is 0. The molecule has 3 rings (SSSR count). The Kier molecular flexibility index (Phi) is 6.35. The SMILES string of the molecule is CCN(CC)CCN1CCN(C(=O)c2ccc(-n3ccnn3)cc2)CC1. The average molecular weight is 356 g/mol. The summed E-state index contributed by atoms with van der Waals surface area (Å²) in [6.07, 6.45) is 3.42. The van der Waals surface area contributed by atoms with Gasteiger partial charge in [0, 0.05) is 44.8 Å². The Morgan fingerprint density at radius 1 is 1.08 bits per heavy atom. The van der Waals surface area contributed by atoms with Gasteiger partial charge in [-0.25, -0.2) is 4.68 Å². The van der Waals surface area contributed by atoms with Crippen LogP contribution in [-0.2, 0) is 0 Å². The van der Waals surface area contributed by atoms with Crippen LogP contribution >= 0.6 is 0 Å². The van der Waals surface area contributed by atoms with Gasteiger partial charge in [0.2, 0.25) is 0 Å². The molecule has 0 unspecified atom stereocenters. The molecule has 0 radical (unpaired) electrons. The van der Waals surface area contributed by atoms with E-state index < -0.39 is 0 Å². The van der Waals surface area contributed by atoms with Crippen molar-refractivity contribution in [2.75, 3.05) is 52.4 Å². The van der Waals surface area contributed by atoms with E-state index in [4.69, 9.17) is 0 Å². The molecule has 0 aliphatic carbocycles. The standard InChI is InChI=1S/C19H28N6O/c1-3-22(4-2)11-12-23-13-15-24(16-14-23)19(26)17-5-7-18(8-6-17)25-10-9-20-21-25/h5-10H,3-4,11-16H2,1-2H3. The number of benzene rings is 1. The van der Waals surface area contributed by atoms with Crippen molar-refractivity contribution in [1.82, 2.24) is 29.7 Å². The van der Waals surface area contributed by atoms with Crippen molar-refractivity contribution >= 4 is 5.91 Å². The van der Waals surface area contributed by atoms with Gasteiger partial charge in [-0.1, -0.05) is 19.1 Å². The number of amides is 1. The molecule has 1 aromatic carbocycles. The highest BCUT2D eigenvalue weighted by atomic mass is 16.2. The Bertz CT molecular complexity index is 673. The fourth-order valence-corrected chi connectivity index (χ4v) is 3.28. The predicted molar refractivity (Wildman–Crippen MR) is 101 cm³/mol. The van der Waals surface area contributed by atoms with E-state index >= 15 is 0 Å². The second-order valence-electron chi connectivity index (χ2n) is 6.56. The summed E-state index contributed by atoms with van der Waals surface area (Å²) in [6.45, 7) is 12.3. The Morgan fingerprint density at radius 3 is 2.35 bits per heavy atom. The van der Waals surface area contributed by atoms with Gasteiger partial charge < -0.3 is 9.80 Å². The smallest absolute Gasteiger partial charge is 0.253 e. The molecular weight excluding hydrogens is 328 g/mol. The van der Waals surface area contributed by atoms with Crippen molar-refractivity contribution < 1.29 is 4.79 Å². The van der Waals surface area contributed by atoms with Gasteiger partial charge in [-0.15, -0.1) is 5.10 Å². The summed E-state index contributed by atoms with van der Waals surface area (Å²) in [4.78, 5) is 19.6. The van der Waals surface area contributed by atoms with E-state index in [9.17, 15) is 4.79 Å². The lowest BCUT2D eigenvalue weighted by molar-refractivity contribution is 0.0625. The maximum absolute atomic E-state index is 12.7. The van der Waals surface area contributed by atoms with E-state index in [-0.39, 0.29) is 5.91 Å². The number of piperazine rings is 1. The number of carbonyl (C=O) groups is 1. The molecule has 0 atom stereocenters. The lowest BCUT2D eigenvalue weighted by atomic mass is 10.1. The Balaban J connectivity index is 1.50. The first-order valence-corrected chi connectivity index (χ1v) is 9.42. The Hall–Kier alpha value is -2.25. The molecule has 1 aliphatic rings. The van der Waals surface area contributed by atoms with Crippen molar-refractivity contribution in [2.45, 2.75) is 13.8 Å². The summed E-state index contributed by atoms with van der Waals surface area (Å²) in [7, 11) is 0. The predicted octanol–water partition coefficient (Wildman–Crippen LogP) is 1.37. The van der Waals surface area contributed by atoms with E-state index in [1.165, 1.54) is 0 Å². The fraction of sp³-hybridized carbons (Fsp3) is 0.526. The average Bonchev–Trinajstić information content (AvgIpc) is 3.24. The zero-order valence-electron chi connectivity index (χ0n) is 15.7. The molecule has 140 valence electrons. The van der Waals surface area contributed by atoms with E-state index in [1.54, 1.807) is 17.1 Å². The zero-order valence-corrected chi connectivity index (χ0v) is 15.7. The molecule has 2 heterocycles. The molecule has 7 heteroatoms. The number of likely N-dealkylation sites (N-methyl/N-ethyl adjacent to an activating group) is 1. The van der Waals surface area contributed by atoms with Gasteiger partial charge in [-0.2, -0.15) is 0 Å². The van der Waals surface area contributed by atoms with Crippen molar-refractivity contribution in [3.63, 3.8) is 0 Å². The molecular formula is C19H28N6O. The molecule has 0 saturated carbocycles. The number of hydrogen-bond donors (Lipinski definition) is 0. The van der Waals surface area contributed by atoms with Crippen LogP contribution in [0.5, 0.6) is 0 Å². The van der Waals surface area contributed by atoms with Gasteiger partial charge in [0.1, 0.15) is 0 Å². The minimum absolute atomic E-state index is 0.110. The number of carbonyl (C=O) groups excluding carboxylic acids is 1. The van der Waals surface area contributed by atoms with E-state index in [1.807, 2.05) is 29.2 Å². The molecule has 26 heavy (non-hydrogen) atoms. The van der Waals surface area contributed by atoms with Crippen LogP contribution in [0.3, 0.4) is 0 Å². The third kappa shape index (κ3) is 4.47. The summed E-state index contributed by atoms with van der Waals surface area (Å²) in [5, 5.41) is 7.77. The number of nitrogens with zero attached hydrogens (tertiary/aromatic N) is 6. The highest BCUT2D eigenvalue weighted by Gasteiger charge is 2.22. The summed E-state index contributed by atoms with van der Waals surface area (Å²) < 4.78 is 1.68. The Labute approximate surface area is 155 Å². The van der Waals surface area contributed by atoms with Crippen molar-refractivity contribution in [3.05, 3.63) is 42.2 Å². The molecule has 0 spiro atoms. The van der Waals surface area contributed by atoms with Crippen LogP contribution < -0.4 is 0 Å². The first kappa shape index (κ1) is 18.5. The molecule has 1 fully saturated rings. The first-order chi connectivity index (χ1) is 12.7. The van der Waals surface area contributed by atoms with Gasteiger partial charge >= 0.3 is 0 Å². The zero-order chi connectivity index (χ0) is 18.4. The number of hydrogen-bond acceptors (Lipinski definition) is 5. The van der Waals surface area contributed by atoms with Crippen LogP contribution in [0.15, 0.2) is 36.7 Å². The van der Waals surface area contributed by atoms with Crippen molar-refractivity contribution in [1.29, 1.82) is 0 Å². The molecule has 0 bridgehead atoms. The minimum atomic E-state index is 0.110. The quantitative estimate of drug-likeness (QED) is 0.750. The lowest BCUT2D eigenvalue weighted by Gasteiger charge is -2.35. The highest BCUT2D eigenvalue weighted by Crippen LogP contribution is 2.12. The molecule has 1 aliphatic heterocycles. The molecule has 1 saturated heterocycles. The number of aromatic nitrogens is 3. The summed E-state index contributed by atoms with van der Waals surface area (Å²) in [6, 6.07) is 7.54. The van der Waals surface area contributed by atoms with E-state index in [0.29, 0.717) is 0 Å². The van der Waals surface area contributed by atoms with Crippen LogP contribution in [0.2, 0.25) is 0 Å². The van der Waals surface area contributed by atoms with Crippen molar-refractivity contribution in [3.8, 4) is 5.69 Å². The monoisotopic (exact) mass is 356 g/mol. The van der Waals surface area contributed by atoms with Gasteiger partial charge in [0.15, 0.2) is 0 Å². The van der Waals surface area contributed by atoms with Gasteiger partial charge in [-0.3, -0.25) is 9.69 Å². The molecule has 1 aromatic heterocycles. The molecule has 7 nitrogen and oxygen atoms in total. The normalized spacial score (nSPS) is 15.6. The Morgan fingerprint density at radius 2 is 1.77 bits per heavy atom. The summed E-state index contributed by atoms with van der Waals surface area (Å²) in [5.74, 6) is 0.110. The van der Waals surface area contributed by atoms with Crippen molar-refractivity contribution in [2.24, 2.45) is 0 Å². The van der Waals surface area contributed by atoms with Crippen LogP contribution in [0.25, 0.3) is 5.69 Å². The second kappa shape index (κ2) is 8.91. The maximum Gasteiger partial charge on any atom is 0.253 e. The fourth-order valence-electron chi connectivity index (χ4n) is 3.28. The van der Waals surface area contributed by atoms with Crippen LogP contribution in [-0.4, -0.2) is 88.0 Å². The topological polar surface area (TPSA) is 57.5 Å². The van der Waals surface area contributed by atoms with Gasteiger partial charge in [-0.05, 0) is 37.4 Å². The van der Waals surface area contributed by atoms with Crippen LogP contribution in [0.1, 0.15) is 24.2 Å². The van der Waals surface area contributed by atoms with Crippen LogP contribution in [0, 0.1) is 0 Å². The number of rotatable bonds is 7. The second-order valence-corrected chi connectivity index (χ2v) is 6.56. The van der Waals surface area contributed by atoms with E-state index in [0.717, 1.165) is 63.6 Å². The van der Waals surface area contributed by atoms with Gasteiger partial charge in [0.25, 0.3) is 5.91 Å². The van der Waals surface area contributed by atoms with Crippen LogP contribution in [0.4, 0.5) is 0 Å². The lowest BCUT2D eigenvalue weighted by Crippen LogP contribution is -2.50. The largest absolute Gasteiger partial charge is 0.336 e. The third-order valence-corrected chi connectivity index (χ3v) is 5.09. The highest BCUT2D eigenvalue weighted by molar-refractivity contribution is 5.94. The first-order valence-electron chi connectivity index (χ1n) is 9.42. The van der Waals surface area contributed by atoms with E-state index in [2.05, 4.69) is 34.0 Å². The molecule has 2 aromatic rings.